The Morgan fingerprint density at radius 2 is 1.76 bits per heavy atom. The van der Waals surface area contributed by atoms with Gasteiger partial charge in [-0.25, -0.2) is 9.48 Å². The molecule has 0 bridgehead atoms. The Balaban J connectivity index is 1.91. The van der Waals surface area contributed by atoms with Crippen molar-refractivity contribution >= 4 is 29.3 Å². The molecule has 1 aromatic heterocycles. The van der Waals surface area contributed by atoms with Crippen LogP contribution >= 0.6 is 11.6 Å². The molecule has 0 aliphatic carbocycles. The number of rotatable bonds is 6. The van der Waals surface area contributed by atoms with Gasteiger partial charge in [0.25, 0.3) is 5.91 Å². The molecule has 0 spiro atoms. The molecule has 7 nitrogen and oxygen atoms in total. The van der Waals surface area contributed by atoms with Crippen molar-refractivity contribution in [1.82, 2.24) is 9.78 Å². The minimum atomic E-state index is -0.832. The molecule has 0 aliphatic rings. The second-order valence-electron chi connectivity index (χ2n) is 6.25. The fraction of sp³-hybridized carbons (Fsp3) is 0.190. The third-order valence-corrected chi connectivity index (χ3v) is 4.44. The van der Waals surface area contributed by atoms with Crippen molar-refractivity contribution in [3.63, 3.8) is 0 Å². The highest BCUT2D eigenvalue weighted by Crippen LogP contribution is 2.25. The minimum Gasteiger partial charge on any atom is -0.481 e. The zero-order valence-electron chi connectivity index (χ0n) is 16.2. The SMILES string of the molecule is COC(=O)c1c(C)nn(-c2ccccc2)c1NC(=O)[C@H](C)Oc1ccc(Cl)cc1. The van der Waals surface area contributed by atoms with Crippen LogP contribution in [-0.2, 0) is 9.53 Å². The van der Waals surface area contributed by atoms with Crippen molar-refractivity contribution in [3.8, 4) is 11.4 Å². The molecule has 1 amide bonds. The molecule has 1 N–H and O–H groups in total. The van der Waals surface area contributed by atoms with E-state index in [1.54, 1.807) is 38.1 Å². The summed E-state index contributed by atoms with van der Waals surface area (Å²) in [4.78, 5) is 25.1. The first-order chi connectivity index (χ1) is 13.9. The van der Waals surface area contributed by atoms with E-state index in [0.717, 1.165) is 0 Å². The van der Waals surface area contributed by atoms with Gasteiger partial charge in [-0.15, -0.1) is 0 Å². The molecule has 0 saturated carbocycles. The lowest BCUT2D eigenvalue weighted by molar-refractivity contribution is -0.122. The lowest BCUT2D eigenvalue weighted by Gasteiger charge is -2.16. The van der Waals surface area contributed by atoms with Gasteiger partial charge in [-0.2, -0.15) is 5.10 Å². The van der Waals surface area contributed by atoms with E-state index in [0.29, 0.717) is 22.2 Å². The van der Waals surface area contributed by atoms with Crippen LogP contribution in [0.5, 0.6) is 5.75 Å². The maximum Gasteiger partial charge on any atom is 0.343 e. The molecule has 0 fully saturated rings. The average molecular weight is 414 g/mol. The van der Waals surface area contributed by atoms with Gasteiger partial charge in [0.05, 0.1) is 18.5 Å². The van der Waals surface area contributed by atoms with Crippen LogP contribution in [0.2, 0.25) is 5.02 Å². The maximum atomic E-state index is 12.8. The van der Waals surface area contributed by atoms with Gasteiger partial charge < -0.3 is 14.8 Å². The molecule has 1 heterocycles. The number of aryl methyl sites for hydroxylation is 1. The Labute approximate surface area is 173 Å². The van der Waals surface area contributed by atoms with E-state index < -0.39 is 18.0 Å². The van der Waals surface area contributed by atoms with Crippen LogP contribution in [0, 0.1) is 6.92 Å². The number of aromatic nitrogens is 2. The number of halogens is 1. The molecule has 150 valence electrons. The van der Waals surface area contributed by atoms with Crippen LogP contribution < -0.4 is 10.1 Å². The highest BCUT2D eigenvalue weighted by atomic mass is 35.5. The first-order valence-electron chi connectivity index (χ1n) is 8.87. The van der Waals surface area contributed by atoms with E-state index in [1.165, 1.54) is 11.8 Å². The third-order valence-electron chi connectivity index (χ3n) is 4.19. The molecule has 2 aromatic carbocycles. The number of para-hydroxylation sites is 1. The van der Waals surface area contributed by atoms with Gasteiger partial charge in [0.15, 0.2) is 11.9 Å². The lowest BCUT2D eigenvalue weighted by atomic mass is 10.2. The summed E-state index contributed by atoms with van der Waals surface area (Å²) < 4.78 is 12.0. The largest absolute Gasteiger partial charge is 0.481 e. The Kier molecular flexibility index (Phi) is 6.19. The summed E-state index contributed by atoms with van der Waals surface area (Å²) in [5.41, 5.74) is 1.30. The highest BCUT2D eigenvalue weighted by Gasteiger charge is 2.26. The summed E-state index contributed by atoms with van der Waals surface area (Å²) in [5, 5.41) is 7.73. The Bertz CT molecular complexity index is 1020. The Morgan fingerprint density at radius 1 is 1.10 bits per heavy atom. The summed E-state index contributed by atoms with van der Waals surface area (Å²) in [6.45, 7) is 3.28. The number of esters is 1. The number of nitrogens with zero attached hydrogens (tertiary/aromatic N) is 2. The molecule has 1 atom stereocenters. The molecule has 0 aliphatic heterocycles. The maximum absolute atomic E-state index is 12.8. The summed E-state index contributed by atoms with van der Waals surface area (Å²) in [5.74, 6) is -0.316. The van der Waals surface area contributed by atoms with Crippen LogP contribution in [0.15, 0.2) is 54.6 Å². The zero-order valence-corrected chi connectivity index (χ0v) is 16.9. The Morgan fingerprint density at radius 3 is 2.38 bits per heavy atom. The topological polar surface area (TPSA) is 82.5 Å². The number of methoxy groups -OCH3 is 1. The van der Waals surface area contributed by atoms with Crippen molar-refractivity contribution in [3.05, 3.63) is 70.9 Å². The lowest BCUT2D eigenvalue weighted by Crippen LogP contribution is -2.31. The number of anilines is 1. The third kappa shape index (κ3) is 4.57. The number of carbonyl (C=O) groups excluding carboxylic acids is 2. The summed E-state index contributed by atoms with van der Waals surface area (Å²) in [6, 6.07) is 15.9. The molecular formula is C21H20ClN3O4. The number of hydrogen-bond acceptors (Lipinski definition) is 5. The number of nitrogens with one attached hydrogen (secondary N) is 1. The summed E-state index contributed by atoms with van der Waals surface area (Å²) in [7, 11) is 1.28. The van der Waals surface area contributed by atoms with Gasteiger partial charge in [-0.1, -0.05) is 29.8 Å². The van der Waals surface area contributed by atoms with Gasteiger partial charge in [0.1, 0.15) is 11.3 Å². The second-order valence-corrected chi connectivity index (χ2v) is 6.69. The van der Waals surface area contributed by atoms with E-state index in [2.05, 4.69) is 10.4 Å². The number of carbonyl (C=O) groups is 2. The summed E-state index contributed by atoms with van der Waals surface area (Å²) >= 11 is 5.87. The predicted octanol–water partition coefficient (Wildman–Crippen LogP) is 4.03. The van der Waals surface area contributed by atoms with Crippen LogP contribution in [0.1, 0.15) is 23.0 Å². The van der Waals surface area contributed by atoms with Crippen molar-refractivity contribution in [1.29, 1.82) is 0 Å². The standard InChI is InChI=1S/C21H20ClN3O4/c1-13-18(21(27)28-3)19(25(24-13)16-7-5-4-6-8-16)23-20(26)14(2)29-17-11-9-15(22)10-12-17/h4-12,14H,1-3H3,(H,23,26)/t14-/m0/s1. The molecule has 29 heavy (non-hydrogen) atoms. The summed E-state index contributed by atoms with van der Waals surface area (Å²) in [6.07, 6.45) is -0.832. The van der Waals surface area contributed by atoms with Crippen molar-refractivity contribution in [2.75, 3.05) is 12.4 Å². The number of benzene rings is 2. The van der Waals surface area contributed by atoms with Gasteiger partial charge in [-0.3, -0.25) is 4.79 Å². The van der Waals surface area contributed by atoms with Gasteiger partial charge in [0, 0.05) is 5.02 Å². The average Bonchev–Trinajstić information content (AvgIpc) is 3.05. The first kappa shape index (κ1) is 20.4. The second kappa shape index (κ2) is 8.79. The smallest absolute Gasteiger partial charge is 0.343 e. The van der Waals surface area contributed by atoms with E-state index in [4.69, 9.17) is 21.1 Å². The van der Waals surface area contributed by atoms with Crippen molar-refractivity contribution < 1.29 is 19.1 Å². The predicted molar refractivity (Wildman–Crippen MR) is 110 cm³/mol. The van der Waals surface area contributed by atoms with Gasteiger partial charge in [-0.05, 0) is 50.2 Å². The van der Waals surface area contributed by atoms with Crippen molar-refractivity contribution in [2.24, 2.45) is 0 Å². The van der Waals surface area contributed by atoms with E-state index in [-0.39, 0.29) is 11.4 Å². The van der Waals surface area contributed by atoms with Crippen molar-refractivity contribution in [2.45, 2.75) is 20.0 Å². The van der Waals surface area contributed by atoms with E-state index in [1.807, 2.05) is 30.3 Å². The monoisotopic (exact) mass is 413 g/mol. The molecule has 3 rings (SSSR count). The molecule has 0 unspecified atom stereocenters. The fourth-order valence-corrected chi connectivity index (χ4v) is 2.86. The molecule has 3 aromatic rings. The van der Waals surface area contributed by atoms with Crippen LogP contribution in [0.4, 0.5) is 5.82 Å². The van der Waals surface area contributed by atoms with E-state index >= 15 is 0 Å². The highest BCUT2D eigenvalue weighted by molar-refractivity contribution is 6.30. The Hall–Kier alpha value is -3.32. The normalized spacial score (nSPS) is 11.6. The minimum absolute atomic E-state index is 0.184. The van der Waals surface area contributed by atoms with Crippen LogP contribution in [-0.4, -0.2) is 34.9 Å². The zero-order chi connectivity index (χ0) is 21.0. The van der Waals surface area contributed by atoms with E-state index in [9.17, 15) is 9.59 Å². The first-order valence-corrected chi connectivity index (χ1v) is 9.25. The molecule has 0 radical (unpaired) electrons. The number of amides is 1. The fourth-order valence-electron chi connectivity index (χ4n) is 2.73. The van der Waals surface area contributed by atoms with Gasteiger partial charge >= 0.3 is 5.97 Å². The number of ether oxygens (including phenoxy) is 2. The quantitative estimate of drug-likeness (QED) is 0.617. The van der Waals surface area contributed by atoms with Gasteiger partial charge in [0.2, 0.25) is 0 Å². The molecule has 0 saturated heterocycles. The van der Waals surface area contributed by atoms with Crippen LogP contribution in [0.25, 0.3) is 5.69 Å². The van der Waals surface area contributed by atoms with Crippen LogP contribution in [0.3, 0.4) is 0 Å². The molecule has 8 heteroatoms. The molecular weight excluding hydrogens is 394 g/mol. The number of hydrogen-bond donors (Lipinski definition) is 1.